The summed E-state index contributed by atoms with van der Waals surface area (Å²) < 4.78 is 0. The van der Waals surface area contributed by atoms with E-state index in [1.165, 1.54) is 18.5 Å². The van der Waals surface area contributed by atoms with E-state index in [4.69, 9.17) is 0 Å². The molecule has 0 aliphatic carbocycles. The van der Waals surface area contributed by atoms with Crippen LogP contribution in [0.3, 0.4) is 0 Å². The molecule has 1 aromatic heterocycles. The zero-order valence-electron chi connectivity index (χ0n) is 7.09. The van der Waals surface area contributed by atoms with E-state index in [2.05, 4.69) is 18.0 Å². The van der Waals surface area contributed by atoms with Gasteiger partial charge in [-0.15, -0.1) is 0 Å². The van der Waals surface area contributed by atoms with Crippen molar-refractivity contribution in [1.82, 2.24) is 11.1 Å². The van der Waals surface area contributed by atoms with E-state index in [9.17, 15) is 0 Å². The Morgan fingerprint density at radius 2 is 2.18 bits per heavy atom. The number of nitrogens with zero attached hydrogens (tertiary/aromatic N) is 1. The van der Waals surface area contributed by atoms with Crippen molar-refractivity contribution in [1.29, 1.82) is 0 Å². The first kappa shape index (κ1) is 10.1. The summed E-state index contributed by atoms with van der Waals surface area (Å²) in [7, 11) is 0. The second-order valence-corrected chi connectivity index (χ2v) is 2.42. The van der Waals surface area contributed by atoms with Gasteiger partial charge in [0.2, 0.25) is 0 Å². The number of unbranched alkanes of at least 4 members (excludes halogenated alkanes) is 1. The Morgan fingerprint density at radius 1 is 1.36 bits per heavy atom. The lowest BCUT2D eigenvalue weighted by Gasteiger charge is -1.95. The number of aromatic nitrogens is 1. The molecule has 0 bridgehead atoms. The molecule has 0 aliphatic heterocycles. The fourth-order valence-electron chi connectivity index (χ4n) is 0.904. The smallest absolute Gasteiger partial charge is 0.0403 e. The first-order chi connectivity index (χ1) is 4.93. The van der Waals surface area contributed by atoms with Gasteiger partial charge in [-0.05, 0) is 25.0 Å². The van der Waals surface area contributed by atoms with Crippen LogP contribution in [0.2, 0.25) is 0 Å². The lowest BCUT2D eigenvalue weighted by Crippen LogP contribution is -1.86. The normalized spacial score (nSPS) is 8.82. The van der Waals surface area contributed by atoms with Crippen molar-refractivity contribution in [3.05, 3.63) is 30.1 Å². The molecule has 2 heteroatoms. The Balaban J connectivity index is 0.000001000. The molecule has 0 spiro atoms. The summed E-state index contributed by atoms with van der Waals surface area (Å²) >= 11 is 0. The molecule has 3 N–H and O–H groups in total. The number of aryl methyl sites for hydroxylation is 1. The number of rotatable bonds is 3. The molecular formula is C9H16N2. The predicted octanol–water partition coefficient (Wildman–Crippen LogP) is 2.59. The highest BCUT2D eigenvalue weighted by atomic mass is 14.7. The lowest BCUT2D eigenvalue weighted by molar-refractivity contribution is 0.777. The molecule has 0 saturated carbocycles. The molecule has 1 heterocycles. The van der Waals surface area contributed by atoms with Gasteiger partial charge in [0.1, 0.15) is 0 Å². The van der Waals surface area contributed by atoms with Crippen molar-refractivity contribution in [3.63, 3.8) is 0 Å². The molecule has 2 nitrogen and oxygen atoms in total. The Bertz CT molecular complexity index is 172. The van der Waals surface area contributed by atoms with E-state index in [0.29, 0.717) is 0 Å². The molecule has 0 fully saturated rings. The average Bonchev–Trinajstić information content (AvgIpc) is 2.03. The molecule has 0 saturated heterocycles. The molecule has 0 unspecified atom stereocenters. The third-order valence-electron chi connectivity index (χ3n) is 1.51. The van der Waals surface area contributed by atoms with Gasteiger partial charge in [0.05, 0.1) is 0 Å². The van der Waals surface area contributed by atoms with Gasteiger partial charge in [-0.1, -0.05) is 19.4 Å². The number of hydrogen-bond acceptors (Lipinski definition) is 2. The van der Waals surface area contributed by atoms with Crippen LogP contribution >= 0.6 is 0 Å². The topological polar surface area (TPSA) is 47.9 Å². The number of hydrogen-bond donors (Lipinski definition) is 1. The maximum absolute atomic E-state index is 4.22. The van der Waals surface area contributed by atoms with Gasteiger partial charge in [-0.2, -0.15) is 0 Å². The minimum absolute atomic E-state index is 0. The second kappa shape index (κ2) is 5.86. The highest BCUT2D eigenvalue weighted by Crippen LogP contribution is 1.99. The van der Waals surface area contributed by atoms with Gasteiger partial charge in [-0.25, -0.2) is 0 Å². The zero-order chi connectivity index (χ0) is 7.23. The van der Waals surface area contributed by atoms with E-state index < -0.39 is 0 Å². The molecule has 0 aliphatic rings. The van der Waals surface area contributed by atoms with Crippen LogP contribution < -0.4 is 6.15 Å². The third-order valence-corrected chi connectivity index (χ3v) is 1.51. The van der Waals surface area contributed by atoms with Gasteiger partial charge in [-0.3, -0.25) is 4.98 Å². The lowest BCUT2D eigenvalue weighted by atomic mass is 10.2. The Hall–Kier alpha value is -0.890. The van der Waals surface area contributed by atoms with E-state index >= 15 is 0 Å². The molecule has 62 valence electrons. The summed E-state index contributed by atoms with van der Waals surface area (Å²) in [6, 6.07) is 6.07. The van der Waals surface area contributed by atoms with Crippen molar-refractivity contribution >= 4 is 0 Å². The molecule has 11 heavy (non-hydrogen) atoms. The molecule has 1 aromatic rings. The van der Waals surface area contributed by atoms with Crippen LogP contribution in [0.4, 0.5) is 0 Å². The minimum Gasteiger partial charge on any atom is -0.344 e. The number of pyridine rings is 1. The van der Waals surface area contributed by atoms with Crippen LogP contribution in [0.25, 0.3) is 0 Å². The largest absolute Gasteiger partial charge is 0.344 e. The van der Waals surface area contributed by atoms with Crippen LogP contribution in [0.1, 0.15) is 25.5 Å². The maximum atomic E-state index is 4.22. The van der Waals surface area contributed by atoms with E-state index in [1.54, 1.807) is 0 Å². The standard InChI is InChI=1S/C9H13N.H3N/c1-2-3-6-9-7-4-5-8-10-9;/h4-5,7-8H,2-3,6H2,1H3;1H3. The summed E-state index contributed by atoms with van der Waals surface area (Å²) in [5, 5.41) is 0. The first-order valence-electron chi connectivity index (χ1n) is 3.83. The quantitative estimate of drug-likeness (QED) is 0.723. The van der Waals surface area contributed by atoms with Crippen molar-refractivity contribution < 1.29 is 0 Å². The zero-order valence-corrected chi connectivity index (χ0v) is 7.09. The van der Waals surface area contributed by atoms with Crippen LogP contribution in [0, 0.1) is 0 Å². The second-order valence-electron chi connectivity index (χ2n) is 2.42. The van der Waals surface area contributed by atoms with Crippen molar-refractivity contribution in [2.45, 2.75) is 26.2 Å². The predicted molar refractivity (Wildman–Crippen MR) is 47.9 cm³/mol. The minimum atomic E-state index is 0. The molecule has 0 radical (unpaired) electrons. The van der Waals surface area contributed by atoms with Gasteiger partial charge < -0.3 is 6.15 Å². The fourth-order valence-corrected chi connectivity index (χ4v) is 0.904. The van der Waals surface area contributed by atoms with E-state index in [-0.39, 0.29) is 6.15 Å². The Labute approximate surface area is 68.2 Å². The molecule has 0 atom stereocenters. The van der Waals surface area contributed by atoms with E-state index in [1.807, 2.05) is 18.3 Å². The van der Waals surface area contributed by atoms with Crippen LogP contribution in [0.15, 0.2) is 24.4 Å². The monoisotopic (exact) mass is 152 g/mol. The van der Waals surface area contributed by atoms with Gasteiger partial charge >= 0.3 is 0 Å². The third kappa shape index (κ3) is 3.73. The van der Waals surface area contributed by atoms with Crippen molar-refractivity contribution in [3.8, 4) is 0 Å². The SMILES string of the molecule is CCCCc1ccccn1.N. The summed E-state index contributed by atoms with van der Waals surface area (Å²) in [5.74, 6) is 0. The average molecular weight is 152 g/mol. The van der Waals surface area contributed by atoms with E-state index in [0.717, 1.165) is 6.42 Å². The highest BCUT2D eigenvalue weighted by Gasteiger charge is 1.88. The van der Waals surface area contributed by atoms with Crippen LogP contribution in [0.5, 0.6) is 0 Å². The molecule has 1 rings (SSSR count). The van der Waals surface area contributed by atoms with Crippen LogP contribution in [-0.4, -0.2) is 4.98 Å². The Morgan fingerprint density at radius 3 is 2.73 bits per heavy atom. The van der Waals surface area contributed by atoms with Gasteiger partial charge in [0.15, 0.2) is 0 Å². The summed E-state index contributed by atoms with van der Waals surface area (Å²) in [6.45, 7) is 2.20. The summed E-state index contributed by atoms with van der Waals surface area (Å²) in [4.78, 5) is 4.22. The Kier molecular flexibility index (Phi) is 5.39. The molecule has 0 amide bonds. The first-order valence-corrected chi connectivity index (χ1v) is 3.83. The van der Waals surface area contributed by atoms with Crippen LogP contribution in [-0.2, 0) is 6.42 Å². The van der Waals surface area contributed by atoms with Gasteiger partial charge in [0, 0.05) is 11.9 Å². The molecular weight excluding hydrogens is 136 g/mol. The maximum Gasteiger partial charge on any atom is 0.0403 e. The van der Waals surface area contributed by atoms with Crippen molar-refractivity contribution in [2.75, 3.05) is 0 Å². The van der Waals surface area contributed by atoms with Crippen molar-refractivity contribution in [2.24, 2.45) is 0 Å². The highest BCUT2D eigenvalue weighted by molar-refractivity contribution is 5.03. The summed E-state index contributed by atoms with van der Waals surface area (Å²) in [6.07, 6.45) is 5.47. The summed E-state index contributed by atoms with van der Waals surface area (Å²) in [5.41, 5.74) is 1.21. The molecule has 0 aromatic carbocycles. The fraction of sp³-hybridized carbons (Fsp3) is 0.444. The van der Waals surface area contributed by atoms with Gasteiger partial charge in [0.25, 0.3) is 0 Å².